The van der Waals surface area contributed by atoms with Crippen molar-refractivity contribution in [2.45, 2.75) is 45.3 Å². The third-order valence-corrected chi connectivity index (χ3v) is 4.05. The van der Waals surface area contributed by atoms with Crippen LogP contribution in [0.15, 0.2) is 5.38 Å². The van der Waals surface area contributed by atoms with E-state index in [1.807, 2.05) is 0 Å². The fourth-order valence-corrected chi connectivity index (χ4v) is 2.50. The molecule has 0 saturated heterocycles. The highest BCUT2D eigenvalue weighted by Gasteiger charge is 2.28. The maximum Gasteiger partial charge on any atom is 0.0897 e. The van der Waals surface area contributed by atoms with Gasteiger partial charge in [0.05, 0.1) is 10.7 Å². The number of likely N-dealkylation sites (N-methyl/N-ethyl adjacent to an activating group) is 1. The van der Waals surface area contributed by atoms with E-state index in [0.29, 0.717) is 6.04 Å². The van der Waals surface area contributed by atoms with E-state index in [9.17, 15) is 0 Å². The van der Waals surface area contributed by atoms with Crippen molar-refractivity contribution in [2.24, 2.45) is 0 Å². The minimum absolute atomic E-state index is 0.618. The van der Waals surface area contributed by atoms with E-state index in [0.717, 1.165) is 24.1 Å². The van der Waals surface area contributed by atoms with Gasteiger partial charge >= 0.3 is 0 Å². The number of nitrogens with one attached hydrogen (secondary N) is 1. The Hall–Kier alpha value is -0.450. The summed E-state index contributed by atoms with van der Waals surface area (Å²) in [6.45, 7) is 6.28. The van der Waals surface area contributed by atoms with Crippen molar-refractivity contribution in [3.63, 3.8) is 0 Å². The van der Waals surface area contributed by atoms with Crippen LogP contribution in [0.4, 0.5) is 0 Å². The Morgan fingerprint density at radius 3 is 2.94 bits per heavy atom. The van der Waals surface area contributed by atoms with Crippen LogP contribution in [-0.2, 0) is 6.54 Å². The molecule has 1 unspecified atom stereocenters. The molecule has 0 aliphatic heterocycles. The van der Waals surface area contributed by atoms with Gasteiger partial charge in [-0.3, -0.25) is 4.90 Å². The maximum atomic E-state index is 4.44. The summed E-state index contributed by atoms with van der Waals surface area (Å²) in [5.41, 5.74) is 1.17. The molecule has 1 saturated carbocycles. The molecule has 1 aromatic heterocycles. The lowest BCUT2D eigenvalue weighted by atomic mass is 10.3. The van der Waals surface area contributed by atoms with Crippen LogP contribution in [0.2, 0.25) is 0 Å². The Balaban J connectivity index is 1.67. The first-order valence-corrected chi connectivity index (χ1v) is 6.88. The lowest BCUT2D eigenvalue weighted by Crippen LogP contribution is -2.38. The van der Waals surface area contributed by atoms with Gasteiger partial charge in [0.2, 0.25) is 0 Å². The van der Waals surface area contributed by atoms with Crippen molar-refractivity contribution in [1.29, 1.82) is 0 Å². The summed E-state index contributed by atoms with van der Waals surface area (Å²) in [5.74, 6) is 0. The molecule has 2 rings (SSSR count). The van der Waals surface area contributed by atoms with Gasteiger partial charge in [-0.15, -0.1) is 11.3 Å². The van der Waals surface area contributed by atoms with Gasteiger partial charge in [0.25, 0.3) is 0 Å². The first kappa shape index (κ1) is 12.0. The Morgan fingerprint density at radius 1 is 1.62 bits per heavy atom. The summed E-state index contributed by atoms with van der Waals surface area (Å²) in [4.78, 5) is 6.93. The third-order valence-electron chi connectivity index (χ3n) is 3.23. The number of hydrogen-bond acceptors (Lipinski definition) is 4. The molecule has 1 aliphatic carbocycles. The van der Waals surface area contributed by atoms with E-state index in [-0.39, 0.29) is 0 Å². The van der Waals surface area contributed by atoms with Crippen LogP contribution in [0.3, 0.4) is 0 Å². The van der Waals surface area contributed by atoms with Crippen LogP contribution in [0, 0.1) is 6.92 Å². The lowest BCUT2D eigenvalue weighted by molar-refractivity contribution is 0.241. The molecule has 1 N–H and O–H groups in total. The van der Waals surface area contributed by atoms with E-state index >= 15 is 0 Å². The number of hydrogen-bond donors (Lipinski definition) is 1. The highest BCUT2D eigenvalue weighted by atomic mass is 32.1. The average Bonchev–Trinajstić information content (AvgIpc) is 3.02. The highest BCUT2D eigenvalue weighted by molar-refractivity contribution is 7.09. The second-order valence-electron chi connectivity index (χ2n) is 4.73. The molecule has 16 heavy (non-hydrogen) atoms. The summed E-state index contributed by atoms with van der Waals surface area (Å²) in [6.07, 6.45) is 2.76. The summed E-state index contributed by atoms with van der Waals surface area (Å²) >= 11 is 1.72. The summed E-state index contributed by atoms with van der Waals surface area (Å²) in [6, 6.07) is 1.46. The largest absolute Gasteiger partial charge is 0.310 e. The molecule has 1 aromatic rings. The predicted octanol–water partition coefficient (Wildman–Crippen LogP) is 2.02. The zero-order valence-corrected chi connectivity index (χ0v) is 11.2. The van der Waals surface area contributed by atoms with Gasteiger partial charge in [-0.2, -0.15) is 0 Å². The van der Waals surface area contributed by atoms with Crippen LogP contribution in [0.5, 0.6) is 0 Å². The molecule has 4 heteroatoms. The molecule has 90 valence electrons. The Bertz CT molecular complexity index is 333. The zero-order chi connectivity index (χ0) is 11.5. The summed E-state index contributed by atoms with van der Waals surface area (Å²) < 4.78 is 0. The molecular weight excluding hydrogens is 218 g/mol. The van der Waals surface area contributed by atoms with Gasteiger partial charge in [-0.1, -0.05) is 0 Å². The van der Waals surface area contributed by atoms with E-state index in [4.69, 9.17) is 0 Å². The third kappa shape index (κ3) is 3.27. The van der Waals surface area contributed by atoms with Crippen molar-refractivity contribution in [2.75, 3.05) is 13.6 Å². The Morgan fingerprint density at radius 2 is 2.38 bits per heavy atom. The van der Waals surface area contributed by atoms with Gasteiger partial charge < -0.3 is 5.32 Å². The highest BCUT2D eigenvalue weighted by Crippen LogP contribution is 2.26. The molecular formula is C12H21N3S. The molecule has 0 spiro atoms. The van der Waals surface area contributed by atoms with Crippen LogP contribution in [0.25, 0.3) is 0 Å². The van der Waals surface area contributed by atoms with Gasteiger partial charge in [-0.05, 0) is 33.7 Å². The average molecular weight is 239 g/mol. The smallest absolute Gasteiger partial charge is 0.0897 e. The molecule has 3 nitrogen and oxygen atoms in total. The van der Waals surface area contributed by atoms with E-state index in [1.54, 1.807) is 11.3 Å². The fraction of sp³-hybridized carbons (Fsp3) is 0.750. The van der Waals surface area contributed by atoms with E-state index in [1.165, 1.54) is 18.5 Å². The van der Waals surface area contributed by atoms with Crippen molar-refractivity contribution < 1.29 is 0 Å². The van der Waals surface area contributed by atoms with Gasteiger partial charge in [0.15, 0.2) is 0 Å². The van der Waals surface area contributed by atoms with E-state index < -0.39 is 0 Å². The van der Waals surface area contributed by atoms with Crippen molar-refractivity contribution in [3.05, 3.63) is 16.1 Å². The zero-order valence-electron chi connectivity index (χ0n) is 10.4. The molecule has 0 aromatic carbocycles. The number of rotatable bonds is 6. The van der Waals surface area contributed by atoms with Gasteiger partial charge in [0.1, 0.15) is 0 Å². The molecule has 1 heterocycles. The molecule has 1 atom stereocenters. The maximum absolute atomic E-state index is 4.44. The van der Waals surface area contributed by atoms with Crippen LogP contribution >= 0.6 is 11.3 Å². The van der Waals surface area contributed by atoms with Gasteiger partial charge in [-0.25, -0.2) is 4.98 Å². The number of nitrogens with zero attached hydrogens (tertiary/aromatic N) is 2. The standard InChI is InChI=1S/C12H21N3S/c1-9(15(3)12-4-5-12)6-13-7-11-8-16-10(2)14-11/h8-9,12-13H,4-7H2,1-3H3. The molecule has 0 bridgehead atoms. The first-order valence-electron chi connectivity index (χ1n) is 6.00. The minimum atomic E-state index is 0.618. The molecule has 0 radical (unpaired) electrons. The van der Waals surface area contributed by atoms with Crippen molar-refractivity contribution in [3.8, 4) is 0 Å². The van der Waals surface area contributed by atoms with Crippen molar-refractivity contribution >= 4 is 11.3 Å². The van der Waals surface area contributed by atoms with Crippen LogP contribution in [-0.4, -0.2) is 35.6 Å². The quantitative estimate of drug-likeness (QED) is 0.823. The minimum Gasteiger partial charge on any atom is -0.310 e. The monoisotopic (exact) mass is 239 g/mol. The summed E-state index contributed by atoms with van der Waals surface area (Å²) in [5, 5.41) is 6.77. The number of aromatic nitrogens is 1. The first-order chi connectivity index (χ1) is 7.66. The summed E-state index contributed by atoms with van der Waals surface area (Å²) in [7, 11) is 2.23. The second-order valence-corrected chi connectivity index (χ2v) is 5.80. The predicted molar refractivity (Wildman–Crippen MR) is 68.8 cm³/mol. The fourth-order valence-electron chi connectivity index (χ4n) is 1.88. The normalized spacial score (nSPS) is 18.0. The lowest BCUT2D eigenvalue weighted by Gasteiger charge is -2.24. The van der Waals surface area contributed by atoms with E-state index in [2.05, 4.69) is 41.5 Å². The van der Waals surface area contributed by atoms with Crippen LogP contribution < -0.4 is 5.32 Å². The van der Waals surface area contributed by atoms with Gasteiger partial charge in [0, 0.05) is 30.6 Å². The number of aryl methyl sites for hydroxylation is 1. The molecule has 1 aliphatic rings. The molecule has 1 fully saturated rings. The van der Waals surface area contributed by atoms with Crippen molar-refractivity contribution in [1.82, 2.24) is 15.2 Å². The van der Waals surface area contributed by atoms with Crippen LogP contribution in [0.1, 0.15) is 30.5 Å². The second kappa shape index (κ2) is 5.25. The topological polar surface area (TPSA) is 28.2 Å². The SMILES string of the molecule is Cc1nc(CNCC(C)N(C)C2CC2)cs1. The Kier molecular flexibility index (Phi) is 3.95. The molecule has 0 amide bonds. The Labute approximate surface area is 102 Å². The number of thiazole rings is 1.